The van der Waals surface area contributed by atoms with E-state index in [1.807, 2.05) is 74.5 Å². The van der Waals surface area contributed by atoms with Crippen LogP contribution in [-0.2, 0) is 10.5 Å². The number of nitrogens with zero attached hydrogens (tertiary/aromatic N) is 1. The molecule has 3 aromatic carbocycles. The van der Waals surface area contributed by atoms with Gasteiger partial charge in [0.25, 0.3) is 0 Å². The molecule has 1 N–H and O–H groups in total. The molecule has 0 fully saturated rings. The van der Waals surface area contributed by atoms with Gasteiger partial charge in [0.05, 0.1) is 5.69 Å². The number of hydrogen-bond donors (Lipinski definition) is 1. The second-order valence-electron chi connectivity index (χ2n) is 7.01. The summed E-state index contributed by atoms with van der Waals surface area (Å²) in [5.74, 6) is 0.847. The third kappa shape index (κ3) is 4.74. The lowest BCUT2D eigenvalue weighted by Crippen LogP contribution is -2.20. The van der Waals surface area contributed by atoms with Crippen LogP contribution in [0.1, 0.15) is 27.5 Å². The van der Waals surface area contributed by atoms with Gasteiger partial charge in [-0.2, -0.15) is 0 Å². The molecule has 146 valence electrons. The Labute approximate surface area is 180 Å². The molecular formula is C24H22N2OS2. The fourth-order valence-electron chi connectivity index (χ4n) is 3.14. The average molecular weight is 419 g/mol. The summed E-state index contributed by atoms with van der Waals surface area (Å²) in [5.41, 5.74) is 6.24. The summed E-state index contributed by atoms with van der Waals surface area (Å²) in [6, 6.07) is 24.2. The van der Waals surface area contributed by atoms with Crippen molar-refractivity contribution in [3.05, 3.63) is 95.1 Å². The molecule has 0 aliphatic carbocycles. The number of anilines is 1. The Morgan fingerprint density at radius 3 is 2.62 bits per heavy atom. The zero-order chi connectivity index (χ0) is 20.2. The zero-order valence-corrected chi connectivity index (χ0v) is 18.0. The second-order valence-corrected chi connectivity index (χ2v) is 9.33. The number of nitrogens with one attached hydrogen (secondary N) is 1. The fraction of sp³-hybridized carbons (Fsp3) is 0.167. The molecule has 1 aliphatic heterocycles. The van der Waals surface area contributed by atoms with E-state index in [0.717, 1.165) is 38.2 Å². The highest BCUT2D eigenvalue weighted by Gasteiger charge is 2.26. The highest BCUT2D eigenvalue weighted by atomic mass is 32.2. The van der Waals surface area contributed by atoms with E-state index in [1.54, 1.807) is 11.8 Å². The predicted octanol–water partition coefficient (Wildman–Crippen LogP) is 6.65. The van der Waals surface area contributed by atoms with Gasteiger partial charge in [-0.3, -0.25) is 4.79 Å². The first kappa shape index (κ1) is 19.8. The van der Waals surface area contributed by atoms with Crippen molar-refractivity contribution in [1.82, 2.24) is 0 Å². The van der Waals surface area contributed by atoms with E-state index in [0.29, 0.717) is 0 Å². The number of para-hydroxylation sites is 1. The summed E-state index contributed by atoms with van der Waals surface area (Å²) >= 11 is 3.21. The van der Waals surface area contributed by atoms with E-state index in [1.165, 1.54) is 17.3 Å². The summed E-state index contributed by atoms with van der Waals surface area (Å²) < 4.78 is 0.925. The lowest BCUT2D eigenvalue weighted by atomic mass is 10.1. The van der Waals surface area contributed by atoms with Crippen LogP contribution in [-0.4, -0.2) is 10.3 Å². The lowest BCUT2D eigenvalue weighted by molar-refractivity contribution is -0.115. The zero-order valence-electron chi connectivity index (χ0n) is 16.4. The Morgan fingerprint density at radius 1 is 1.03 bits per heavy atom. The molecule has 1 unspecified atom stereocenters. The first-order valence-corrected chi connectivity index (χ1v) is 11.4. The quantitative estimate of drug-likeness (QED) is 0.516. The third-order valence-corrected chi connectivity index (χ3v) is 7.22. The van der Waals surface area contributed by atoms with Crippen molar-refractivity contribution in [2.24, 2.45) is 4.99 Å². The van der Waals surface area contributed by atoms with Crippen molar-refractivity contribution in [1.29, 1.82) is 0 Å². The van der Waals surface area contributed by atoms with E-state index in [9.17, 15) is 4.79 Å². The number of benzene rings is 3. The average Bonchev–Trinajstić information content (AvgIpc) is 2.75. The molecule has 0 saturated heterocycles. The van der Waals surface area contributed by atoms with Gasteiger partial charge in [0.1, 0.15) is 9.63 Å². The number of carbonyl (C=O) groups excluding carboxylic acids is 1. The topological polar surface area (TPSA) is 41.5 Å². The van der Waals surface area contributed by atoms with Gasteiger partial charge < -0.3 is 5.32 Å². The normalized spacial score (nSPS) is 13.9. The number of thioether (sulfide) groups is 2. The van der Waals surface area contributed by atoms with Crippen molar-refractivity contribution < 1.29 is 4.79 Å². The minimum absolute atomic E-state index is 0.0305. The molecule has 1 atom stereocenters. The molecule has 29 heavy (non-hydrogen) atoms. The number of hydrogen-bond acceptors (Lipinski definition) is 4. The maximum Gasteiger partial charge on any atom is 0.242 e. The van der Waals surface area contributed by atoms with E-state index in [4.69, 9.17) is 4.99 Å². The Hall–Kier alpha value is -2.50. The predicted molar refractivity (Wildman–Crippen MR) is 126 cm³/mol. The molecule has 1 amide bonds. The van der Waals surface area contributed by atoms with Crippen molar-refractivity contribution in [2.45, 2.75) is 24.9 Å². The fourth-order valence-corrected chi connectivity index (χ4v) is 5.38. The van der Waals surface area contributed by atoms with Crippen molar-refractivity contribution >= 4 is 45.2 Å². The van der Waals surface area contributed by atoms with Crippen LogP contribution in [0.25, 0.3) is 0 Å². The molecular weight excluding hydrogens is 396 g/mol. The van der Waals surface area contributed by atoms with Crippen LogP contribution in [0.5, 0.6) is 0 Å². The first-order valence-electron chi connectivity index (χ1n) is 9.49. The number of rotatable bonds is 4. The van der Waals surface area contributed by atoms with Crippen LogP contribution in [0, 0.1) is 13.8 Å². The Bertz CT molecular complexity index is 1060. The Balaban J connectivity index is 1.62. The Morgan fingerprint density at radius 2 is 1.79 bits per heavy atom. The molecule has 3 aromatic rings. The van der Waals surface area contributed by atoms with Crippen LogP contribution < -0.4 is 5.32 Å². The smallest absolute Gasteiger partial charge is 0.242 e. The third-order valence-electron chi connectivity index (χ3n) is 4.76. The molecule has 5 heteroatoms. The summed E-state index contributed by atoms with van der Waals surface area (Å²) in [6.07, 6.45) is 0. The second kappa shape index (κ2) is 8.89. The monoisotopic (exact) mass is 418 g/mol. The van der Waals surface area contributed by atoms with E-state index in [-0.39, 0.29) is 11.2 Å². The number of carbonyl (C=O) groups is 1. The van der Waals surface area contributed by atoms with E-state index >= 15 is 0 Å². The molecule has 0 radical (unpaired) electrons. The van der Waals surface area contributed by atoms with Gasteiger partial charge in [0.15, 0.2) is 0 Å². The van der Waals surface area contributed by atoms with Gasteiger partial charge in [0.2, 0.25) is 5.91 Å². The number of amides is 1. The van der Waals surface area contributed by atoms with E-state index < -0.39 is 0 Å². The van der Waals surface area contributed by atoms with Crippen LogP contribution in [0.2, 0.25) is 0 Å². The summed E-state index contributed by atoms with van der Waals surface area (Å²) in [7, 11) is 0. The molecule has 0 bridgehead atoms. The van der Waals surface area contributed by atoms with Crippen LogP contribution in [0.4, 0.5) is 11.4 Å². The standard InChI is InChI=1S/C24H22N2OS2/c1-16-12-13-17(2)21(14-16)25-23(27)22(18-8-4-3-5-9-18)29-24-26-20-11-7-6-10-19(20)15-28-24/h3-14,22H,15H2,1-2H3,(H,25,27). The number of aliphatic imine (C=N–C) groups is 1. The van der Waals surface area contributed by atoms with Gasteiger partial charge in [-0.25, -0.2) is 4.99 Å². The summed E-state index contributed by atoms with van der Waals surface area (Å²) in [6.45, 7) is 4.04. The minimum atomic E-state index is -0.368. The van der Waals surface area contributed by atoms with Crippen molar-refractivity contribution in [3.63, 3.8) is 0 Å². The minimum Gasteiger partial charge on any atom is -0.325 e. The Kier molecular flexibility index (Phi) is 6.07. The molecule has 3 nitrogen and oxygen atoms in total. The van der Waals surface area contributed by atoms with Gasteiger partial charge in [-0.15, -0.1) is 0 Å². The molecule has 0 saturated carbocycles. The van der Waals surface area contributed by atoms with Crippen LogP contribution in [0.3, 0.4) is 0 Å². The first-order chi connectivity index (χ1) is 14.1. The van der Waals surface area contributed by atoms with E-state index in [2.05, 4.69) is 17.4 Å². The maximum absolute atomic E-state index is 13.3. The number of aryl methyl sites for hydroxylation is 2. The number of fused-ring (bicyclic) bond motifs is 1. The van der Waals surface area contributed by atoms with Crippen molar-refractivity contribution in [2.75, 3.05) is 5.32 Å². The van der Waals surface area contributed by atoms with Gasteiger partial charge in [0, 0.05) is 11.4 Å². The summed E-state index contributed by atoms with van der Waals surface area (Å²) in [4.78, 5) is 18.1. The molecule has 0 aromatic heterocycles. The maximum atomic E-state index is 13.3. The highest BCUT2D eigenvalue weighted by Crippen LogP contribution is 2.40. The molecule has 4 rings (SSSR count). The summed E-state index contributed by atoms with van der Waals surface area (Å²) in [5, 5.41) is 2.77. The largest absolute Gasteiger partial charge is 0.325 e. The van der Waals surface area contributed by atoms with Gasteiger partial charge in [-0.05, 0) is 48.2 Å². The molecule has 1 heterocycles. The van der Waals surface area contributed by atoms with Gasteiger partial charge >= 0.3 is 0 Å². The van der Waals surface area contributed by atoms with Crippen molar-refractivity contribution in [3.8, 4) is 0 Å². The molecule has 0 spiro atoms. The lowest BCUT2D eigenvalue weighted by Gasteiger charge is -2.21. The highest BCUT2D eigenvalue weighted by molar-refractivity contribution is 8.38. The van der Waals surface area contributed by atoms with Crippen LogP contribution >= 0.6 is 23.5 Å². The van der Waals surface area contributed by atoms with Crippen LogP contribution in [0.15, 0.2) is 77.8 Å². The molecule has 1 aliphatic rings. The SMILES string of the molecule is Cc1ccc(C)c(NC(=O)C(SC2=Nc3ccccc3CS2)c2ccccc2)c1. The van der Waals surface area contributed by atoms with Gasteiger partial charge in [-0.1, -0.05) is 84.2 Å².